The number of benzene rings is 1. The average Bonchev–Trinajstić information content (AvgIpc) is 2.41. The largest absolute Gasteiger partial charge is 0.381 e. The number of hydrogen-bond acceptors (Lipinski definition) is 2. The third-order valence-electron chi connectivity index (χ3n) is 4.05. The van der Waals surface area contributed by atoms with Crippen LogP contribution < -0.4 is 5.32 Å². The maximum absolute atomic E-state index is 6.20. The Hall–Kier alpha value is -1.28. The molecule has 0 bridgehead atoms. The lowest BCUT2D eigenvalue weighted by molar-refractivity contribution is 0.361. The molecule has 0 radical (unpaired) electrons. The molecule has 1 aromatic heterocycles. The zero-order valence-electron chi connectivity index (χ0n) is 11.2. The quantitative estimate of drug-likeness (QED) is 0.844. The zero-order chi connectivity index (χ0) is 13.2. The van der Waals surface area contributed by atoms with Crippen LogP contribution in [0, 0.1) is 5.92 Å². The predicted molar refractivity (Wildman–Crippen MR) is 81.8 cm³/mol. The summed E-state index contributed by atoms with van der Waals surface area (Å²) < 4.78 is 0. The molecule has 0 amide bonds. The van der Waals surface area contributed by atoms with Gasteiger partial charge in [0.25, 0.3) is 0 Å². The van der Waals surface area contributed by atoms with Crippen LogP contribution in [0.1, 0.15) is 32.6 Å². The summed E-state index contributed by atoms with van der Waals surface area (Å²) in [6.07, 6.45) is 6.93. The first-order chi connectivity index (χ1) is 9.22. The van der Waals surface area contributed by atoms with E-state index in [4.69, 9.17) is 11.6 Å². The standard InChI is InChI=1S/C16H19ClN2/c1-11-4-6-14(7-5-11)19-15-10-13(17)9-12-3-2-8-18-16(12)15/h2-3,8-11,14,19H,4-7H2,1H3. The Balaban J connectivity index is 1.88. The Kier molecular flexibility index (Phi) is 3.61. The van der Waals surface area contributed by atoms with Crippen molar-refractivity contribution in [2.45, 2.75) is 38.6 Å². The highest BCUT2D eigenvalue weighted by atomic mass is 35.5. The van der Waals surface area contributed by atoms with Crippen LogP contribution in [0.15, 0.2) is 30.5 Å². The van der Waals surface area contributed by atoms with Gasteiger partial charge in [0.15, 0.2) is 0 Å². The Morgan fingerprint density at radius 3 is 2.79 bits per heavy atom. The van der Waals surface area contributed by atoms with Crippen molar-refractivity contribution in [3.63, 3.8) is 0 Å². The van der Waals surface area contributed by atoms with Crippen molar-refractivity contribution in [1.29, 1.82) is 0 Å². The van der Waals surface area contributed by atoms with Crippen molar-refractivity contribution < 1.29 is 0 Å². The van der Waals surface area contributed by atoms with Gasteiger partial charge in [-0.1, -0.05) is 24.6 Å². The Bertz CT molecular complexity index is 574. The van der Waals surface area contributed by atoms with E-state index < -0.39 is 0 Å². The highest BCUT2D eigenvalue weighted by Crippen LogP contribution is 2.30. The fourth-order valence-electron chi connectivity index (χ4n) is 2.89. The molecule has 3 rings (SSSR count). The molecule has 100 valence electrons. The second-order valence-electron chi connectivity index (χ2n) is 5.63. The number of anilines is 1. The molecule has 0 saturated heterocycles. The number of fused-ring (bicyclic) bond motifs is 1. The van der Waals surface area contributed by atoms with E-state index in [-0.39, 0.29) is 0 Å². The van der Waals surface area contributed by atoms with Crippen LogP contribution in [-0.2, 0) is 0 Å². The van der Waals surface area contributed by atoms with Crippen LogP contribution in [0.5, 0.6) is 0 Å². The third kappa shape index (κ3) is 2.84. The topological polar surface area (TPSA) is 24.9 Å². The van der Waals surface area contributed by atoms with Crippen LogP contribution in [0.3, 0.4) is 0 Å². The number of hydrogen-bond donors (Lipinski definition) is 1. The number of rotatable bonds is 2. The smallest absolute Gasteiger partial charge is 0.0934 e. The van der Waals surface area contributed by atoms with Gasteiger partial charge in [0.05, 0.1) is 11.2 Å². The van der Waals surface area contributed by atoms with Gasteiger partial charge in [-0.2, -0.15) is 0 Å². The summed E-state index contributed by atoms with van der Waals surface area (Å²) >= 11 is 6.20. The van der Waals surface area contributed by atoms with Crippen LogP contribution >= 0.6 is 11.6 Å². The molecule has 19 heavy (non-hydrogen) atoms. The summed E-state index contributed by atoms with van der Waals surface area (Å²) in [7, 11) is 0. The zero-order valence-corrected chi connectivity index (χ0v) is 12.0. The molecule has 1 aliphatic rings. The first kappa shape index (κ1) is 12.7. The van der Waals surface area contributed by atoms with Crippen molar-refractivity contribution in [2.75, 3.05) is 5.32 Å². The predicted octanol–water partition coefficient (Wildman–Crippen LogP) is 4.88. The molecule has 1 heterocycles. The van der Waals surface area contributed by atoms with Crippen LogP contribution in [0.4, 0.5) is 5.69 Å². The summed E-state index contributed by atoms with van der Waals surface area (Å²) in [6.45, 7) is 2.34. The van der Waals surface area contributed by atoms with Crippen molar-refractivity contribution in [1.82, 2.24) is 4.98 Å². The summed E-state index contributed by atoms with van der Waals surface area (Å²) in [5.74, 6) is 0.868. The molecule has 0 aliphatic heterocycles. The van der Waals surface area contributed by atoms with E-state index in [0.717, 1.165) is 27.5 Å². The van der Waals surface area contributed by atoms with Crippen LogP contribution in [0.2, 0.25) is 5.02 Å². The average molecular weight is 275 g/mol. The molecule has 0 unspecified atom stereocenters. The lowest BCUT2D eigenvalue weighted by Gasteiger charge is -2.28. The molecule has 1 aliphatic carbocycles. The van der Waals surface area contributed by atoms with Gasteiger partial charge in [-0.25, -0.2) is 0 Å². The van der Waals surface area contributed by atoms with Crippen LogP contribution in [-0.4, -0.2) is 11.0 Å². The van der Waals surface area contributed by atoms with Crippen molar-refractivity contribution >= 4 is 28.2 Å². The van der Waals surface area contributed by atoms with E-state index in [1.165, 1.54) is 25.7 Å². The Morgan fingerprint density at radius 1 is 1.21 bits per heavy atom. The van der Waals surface area contributed by atoms with E-state index in [0.29, 0.717) is 6.04 Å². The van der Waals surface area contributed by atoms with Crippen molar-refractivity contribution in [3.8, 4) is 0 Å². The summed E-state index contributed by atoms with van der Waals surface area (Å²) in [4.78, 5) is 4.48. The second kappa shape index (κ2) is 5.38. The molecular weight excluding hydrogens is 256 g/mol. The number of aromatic nitrogens is 1. The molecule has 1 aromatic carbocycles. The SMILES string of the molecule is CC1CCC(Nc2cc(Cl)cc3cccnc23)CC1. The molecule has 1 N–H and O–H groups in total. The molecule has 1 fully saturated rings. The second-order valence-corrected chi connectivity index (χ2v) is 6.07. The monoisotopic (exact) mass is 274 g/mol. The summed E-state index contributed by atoms with van der Waals surface area (Å²) in [5.41, 5.74) is 2.09. The molecule has 3 heteroatoms. The molecule has 2 aromatic rings. The van der Waals surface area contributed by atoms with Gasteiger partial charge < -0.3 is 5.32 Å². The highest BCUT2D eigenvalue weighted by Gasteiger charge is 2.18. The number of pyridine rings is 1. The van der Waals surface area contributed by atoms with Gasteiger partial charge in [0.2, 0.25) is 0 Å². The molecular formula is C16H19ClN2. The Labute approximate surface area is 119 Å². The number of nitrogens with zero attached hydrogens (tertiary/aromatic N) is 1. The van der Waals surface area contributed by atoms with E-state index >= 15 is 0 Å². The van der Waals surface area contributed by atoms with Gasteiger partial charge >= 0.3 is 0 Å². The first-order valence-corrected chi connectivity index (χ1v) is 7.41. The molecule has 0 atom stereocenters. The van der Waals surface area contributed by atoms with Gasteiger partial charge in [0, 0.05) is 22.6 Å². The Morgan fingerprint density at radius 2 is 2.00 bits per heavy atom. The number of halogens is 1. The van der Waals surface area contributed by atoms with Gasteiger partial charge in [0.1, 0.15) is 0 Å². The van der Waals surface area contributed by atoms with Crippen LogP contribution in [0.25, 0.3) is 10.9 Å². The van der Waals surface area contributed by atoms with Gasteiger partial charge in [-0.15, -0.1) is 0 Å². The minimum absolute atomic E-state index is 0.555. The van der Waals surface area contributed by atoms with Crippen molar-refractivity contribution in [3.05, 3.63) is 35.5 Å². The molecule has 2 nitrogen and oxygen atoms in total. The minimum atomic E-state index is 0.555. The highest BCUT2D eigenvalue weighted by molar-refractivity contribution is 6.31. The maximum atomic E-state index is 6.20. The minimum Gasteiger partial charge on any atom is -0.381 e. The maximum Gasteiger partial charge on any atom is 0.0934 e. The van der Waals surface area contributed by atoms with E-state index in [1.807, 2.05) is 24.4 Å². The molecule has 0 spiro atoms. The van der Waals surface area contributed by atoms with Gasteiger partial charge in [-0.3, -0.25) is 4.98 Å². The fraction of sp³-hybridized carbons (Fsp3) is 0.438. The van der Waals surface area contributed by atoms with E-state index in [2.05, 4.69) is 23.3 Å². The third-order valence-corrected chi connectivity index (χ3v) is 4.26. The lowest BCUT2D eigenvalue weighted by Crippen LogP contribution is -2.25. The number of nitrogens with one attached hydrogen (secondary N) is 1. The van der Waals surface area contributed by atoms with Gasteiger partial charge in [-0.05, 0) is 49.8 Å². The first-order valence-electron chi connectivity index (χ1n) is 7.03. The lowest BCUT2D eigenvalue weighted by atomic mass is 9.87. The van der Waals surface area contributed by atoms with E-state index in [9.17, 15) is 0 Å². The summed E-state index contributed by atoms with van der Waals surface area (Å²) in [6, 6.07) is 8.53. The fourth-order valence-corrected chi connectivity index (χ4v) is 3.12. The summed E-state index contributed by atoms with van der Waals surface area (Å²) in [5, 5.41) is 5.51. The normalized spacial score (nSPS) is 23.5. The molecule has 1 saturated carbocycles. The van der Waals surface area contributed by atoms with E-state index in [1.54, 1.807) is 0 Å². The van der Waals surface area contributed by atoms with Crippen molar-refractivity contribution in [2.24, 2.45) is 5.92 Å².